The van der Waals surface area contributed by atoms with Crippen molar-refractivity contribution in [1.29, 1.82) is 0 Å². The van der Waals surface area contributed by atoms with E-state index in [0.29, 0.717) is 19.3 Å². The molecule has 0 heterocycles. The quantitative estimate of drug-likeness (QED) is 0.0146. The maximum absolute atomic E-state index is 12.9. The normalized spacial score (nSPS) is 14.6. The van der Waals surface area contributed by atoms with Crippen LogP contribution in [0.15, 0.2) is 97.2 Å². The van der Waals surface area contributed by atoms with Gasteiger partial charge in [0.05, 0.1) is 26.4 Å². The zero-order valence-electron chi connectivity index (χ0n) is 59.8. The molecule has 0 aliphatic carbocycles. The Kier molecular flexibility index (Phi) is 67.7. The average molecular weight is 1380 g/mol. The molecular weight excluding hydrogens is 1240 g/mol. The van der Waals surface area contributed by atoms with Crippen molar-refractivity contribution in [3.05, 3.63) is 97.2 Å². The molecule has 95 heavy (non-hydrogen) atoms. The summed E-state index contributed by atoms with van der Waals surface area (Å²) in [7, 11) is -9.77. The summed E-state index contributed by atoms with van der Waals surface area (Å²) in [6, 6.07) is 0. The average Bonchev–Trinajstić information content (AvgIpc) is 2.67. The zero-order valence-corrected chi connectivity index (χ0v) is 61.6. The van der Waals surface area contributed by atoms with Gasteiger partial charge in [-0.1, -0.05) is 291 Å². The van der Waals surface area contributed by atoms with E-state index >= 15 is 0 Å². The molecule has 0 spiro atoms. The van der Waals surface area contributed by atoms with Crippen LogP contribution in [0.5, 0.6) is 0 Å². The van der Waals surface area contributed by atoms with Gasteiger partial charge >= 0.3 is 33.6 Å². The van der Waals surface area contributed by atoms with Gasteiger partial charge in [0.2, 0.25) is 0 Å². The molecule has 0 amide bonds. The number of hydrogen-bond donors (Lipinski definition) is 4. The second-order valence-corrected chi connectivity index (χ2v) is 28.0. The van der Waals surface area contributed by atoms with Crippen LogP contribution in [0.2, 0.25) is 0 Å². The smallest absolute Gasteiger partial charge is 0.463 e. The van der Waals surface area contributed by atoms with Crippen molar-refractivity contribution in [2.24, 2.45) is 0 Å². The number of allylic oxidation sites excluding steroid dienone is 16. The van der Waals surface area contributed by atoms with Crippen molar-refractivity contribution < 1.29 is 75.8 Å². The number of ether oxygens (including phenoxy) is 3. The Balaban J connectivity index is 4.43. The van der Waals surface area contributed by atoms with Crippen LogP contribution in [-0.4, -0.2) is 95.9 Å². The Morgan fingerprint density at radius 3 is 0.905 bits per heavy atom. The van der Waals surface area contributed by atoms with E-state index in [1.807, 2.05) is 0 Å². The lowest BCUT2D eigenvalue weighted by Gasteiger charge is -2.21. The van der Waals surface area contributed by atoms with E-state index in [-0.39, 0.29) is 19.3 Å². The van der Waals surface area contributed by atoms with Crippen LogP contribution in [0.1, 0.15) is 316 Å². The van der Waals surface area contributed by atoms with E-state index in [1.165, 1.54) is 116 Å². The Hall–Kier alpha value is -3.53. The lowest BCUT2D eigenvalue weighted by molar-refractivity contribution is -0.161. The molecule has 16 nitrogen and oxygen atoms in total. The fraction of sp³-hybridized carbons (Fsp3) is 0.753. The largest absolute Gasteiger partial charge is 0.472 e. The van der Waals surface area contributed by atoms with Gasteiger partial charge in [-0.3, -0.25) is 32.5 Å². The molecule has 0 aliphatic heterocycles. The lowest BCUT2D eigenvalue weighted by atomic mass is 10.0. The molecule has 0 aromatic rings. The zero-order chi connectivity index (χ0) is 69.5. The maximum Gasteiger partial charge on any atom is 0.472 e. The standard InChI is InChI=1S/C77H136O16P2/c1-4-7-10-13-16-19-22-24-26-28-30-31-32-33-34-35-36-37-38-39-41-43-44-46-49-51-54-57-60-63-75(80)87-66-72(78)67-89-94(83,84)90-68-73(79)69-91-95(85,86)92-71-74(93-77(82)65-62-59-56-53-48-21-18-15-12-9-6-3)70-88-76(81)64-61-58-55-52-50-47-45-42-40-29-27-25-23-20-17-14-11-8-5-2/h7,10,16-17,19-20,24-27,30-31,33-34,40,42,72-74,78-79H,4-6,8-9,11-15,18,21-23,28-29,32,35-39,41,43-71H2,1-3H3,(H,83,84)(H,85,86)/b10-7-,19-16-,20-17-,26-24-,27-25-,31-30-,34-33-,42-40-. The van der Waals surface area contributed by atoms with Gasteiger partial charge < -0.3 is 34.2 Å². The highest BCUT2D eigenvalue weighted by atomic mass is 31.2. The molecule has 550 valence electrons. The van der Waals surface area contributed by atoms with Crippen molar-refractivity contribution in [1.82, 2.24) is 0 Å². The molecule has 0 fully saturated rings. The fourth-order valence-electron chi connectivity index (χ4n) is 10.1. The van der Waals surface area contributed by atoms with Crippen molar-refractivity contribution in [3.63, 3.8) is 0 Å². The van der Waals surface area contributed by atoms with Crippen molar-refractivity contribution in [2.75, 3.05) is 39.6 Å². The van der Waals surface area contributed by atoms with Crippen LogP contribution in [0.4, 0.5) is 0 Å². The number of unbranched alkanes of at least 4 members (excludes halogenated alkanes) is 32. The highest BCUT2D eigenvalue weighted by Crippen LogP contribution is 2.45. The summed E-state index contributed by atoms with van der Waals surface area (Å²) in [5, 5.41) is 20.6. The summed E-state index contributed by atoms with van der Waals surface area (Å²) < 4.78 is 61.0. The summed E-state index contributed by atoms with van der Waals surface area (Å²) in [5.74, 6) is -1.58. The number of aliphatic hydroxyl groups excluding tert-OH is 2. The fourth-order valence-corrected chi connectivity index (χ4v) is 11.7. The molecule has 0 bridgehead atoms. The SMILES string of the molecule is CC/C=C\C/C=C\C/C=C\C/C=C\C/C=C\CCCCCCCCCCCCCCCC(=O)OCC(O)COP(=O)(O)OCC(O)COP(=O)(O)OCC(COC(=O)CCCCCCCC/C=C\C/C=C\C/C=C\CCCCC)OC(=O)CCCCCCCCCCCCC. The van der Waals surface area contributed by atoms with Gasteiger partial charge in [0, 0.05) is 19.3 Å². The van der Waals surface area contributed by atoms with Gasteiger partial charge in [-0.15, -0.1) is 0 Å². The molecule has 4 N–H and O–H groups in total. The van der Waals surface area contributed by atoms with Crippen molar-refractivity contribution in [2.45, 2.75) is 334 Å². The molecule has 0 rings (SSSR count). The van der Waals surface area contributed by atoms with E-state index < -0.39 is 91.5 Å². The van der Waals surface area contributed by atoms with E-state index in [9.17, 15) is 43.5 Å². The highest BCUT2D eigenvalue weighted by molar-refractivity contribution is 7.47. The second kappa shape index (κ2) is 70.3. The summed E-state index contributed by atoms with van der Waals surface area (Å²) in [6.45, 7) is 2.53. The van der Waals surface area contributed by atoms with Gasteiger partial charge in [0.25, 0.3) is 0 Å². The van der Waals surface area contributed by atoms with Crippen LogP contribution < -0.4 is 0 Å². The van der Waals surface area contributed by atoms with Crippen molar-refractivity contribution in [3.8, 4) is 0 Å². The van der Waals surface area contributed by atoms with E-state index in [0.717, 1.165) is 141 Å². The molecule has 0 saturated carbocycles. The third-order valence-electron chi connectivity index (χ3n) is 15.8. The van der Waals surface area contributed by atoms with Gasteiger partial charge in [-0.2, -0.15) is 0 Å². The summed E-state index contributed by atoms with van der Waals surface area (Å²) in [6.07, 6.45) is 79.0. The Bertz CT molecular complexity index is 2120. The first-order chi connectivity index (χ1) is 46.2. The number of rotatable bonds is 71. The number of phosphoric acid groups is 2. The summed E-state index contributed by atoms with van der Waals surface area (Å²) in [5.41, 5.74) is 0. The van der Waals surface area contributed by atoms with E-state index in [2.05, 4.69) is 118 Å². The monoisotopic (exact) mass is 1380 g/mol. The van der Waals surface area contributed by atoms with Gasteiger partial charge in [0.15, 0.2) is 6.10 Å². The Labute approximate surface area is 578 Å². The summed E-state index contributed by atoms with van der Waals surface area (Å²) >= 11 is 0. The van der Waals surface area contributed by atoms with Crippen molar-refractivity contribution >= 4 is 33.6 Å². The Morgan fingerprint density at radius 1 is 0.305 bits per heavy atom. The van der Waals surface area contributed by atoms with Crippen LogP contribution in [0, 0.1) is 0 Å². The van der Waals surface area contributed by atoms with E-state index in [1.54, 1.807) is 0 Å². The van der Waals surface area contributed by atoms with Gasteiger partial charge in [0.1, 0.15) is 25.4 Å². The number of esters is 3. The molecule has 0 saturated heterocycles. The lowest BCUT2D eigenvalue weighted by Crippen LogP contribution is -2.30. The maximum atomic E-state index is 12.9. The number of carbonyl (C=O) groups excluding carboxylic acids is 3. The number of carbonyl (C=O) groups is 3. The van der Waals surface area contributed by atoms with Gasteiger partial charge in [-0.25, -0.2) is 9.13 Å². The highest BCUT2D eigenvalue weighted by Gasteiger charge is 2.29. The van der Waals surface area contributed by atoms with Crippen LogP contribution >= 0.6 is 15.6 Å². The minimum Gasteiger partial charge on any atom is -0.463 e. The second-order valence-electron chi connectivity index (χ2n) is 25.1. The Morgan fingerprint density at radius 2 is 0.558 bits per heavy atom. The van der Waals surface area contributed by atoms with Crippen LogP contribution in [0.25, 0.3) is 0 Å². The predicted octanol–water partition coefficient (Wildman–Crippen LogP) is 21.4. The topological polar surface area (TPSA) is 231 Å². The third kappa shape index (κ3) is 71.6. The predicted molar refractivity (Wildman–Crippen MR) is 390 cm³/mol. The molecule has 0 aliphatic rings. The first kappa shape index (κ1) is 91.5. The molecular formula is C77H136O16P2. The first-order valence-electron chi connectivity index (χ1n) is 37.5. The summed E-state index contributed by atoms with van der Waals surface area (Å²) in [4.78, 5) is 58.4. The first-order valence-corrected chi connectivity index (χ1v) is 40.5. The molecule has 5 atom stereocenters. The number of aliphatic hydroxyl groups is 2. The minimum atomic E-state index is -4.92. The van der Waals surface area contributed by atoms with Crippen LogP contribution in [-0.2, 0) is 55.8 Å². The minimum absolute atomic E-state index is 0.105. The van der Waals surface area contributed by atoms with E-state index in [4.69, 9.17) is 32.3 Å². The molecule has 5 unspecified atom stereocenters. The number of phosphoric ester groups is 2. The number of hydrogen-bond acceptors (Lipinski definition) is 14. The molecule has 0 radical (unpaired) electrons. The molecule has 0 aromatic heterocycles. The molecule has 18 heteroatoms. The molecule has 0 aromatic carbocycles. The van der Waals surface area contributed by atoms with Crippen LogP contribution in [0.3, 0.4) is 0 Å². The third-order valence-corrected chi connectivity index (χ3v) is 17.7. The van der Waals surface area contributed by atoms with Gasteiger partial charge in [-0.05, 0) is 103 Å².